The van der Waals surface area contributed by atoms with Crippen LogP contribution in [-0.2, 0) is 4.74 Å². The molecule has 21 heavy (non-hydrogen) atoms. The van der Waals surface area contributed by atoms with Crippen LogP contribution in [0.3, 0.4) is 0 Å². The highest BCUT2D eigenvalue weighted by Gasteiger charge is 2.38. The molecule has 106 valence electrons. The van der Waals surface area contributed by atoms with E-state index < -0.39 is 17.8 Å². The number of nitrogens with zero attached hydrogens (tertiary/aromatic N) is 1. The van der Waals surface area contributed by atoms with Crippen LogP contribution in [0.25, 0.3) is 0 Å². The minimum Gasteiger partial charge on any atom is -0.465 e. The molecule has 0 N–H and O–H groups in total. The molecule has 1 aliphatic rings. The number of thiophene rings is 1. The molecule has 0 fully saturated rings. The number of carbonyl (C=O) groups is 3. The summed E-state index contributed by atoms with van der Waals surface area (Å²) >= 11 is 7.23. The first kappa shape index (κ1) is 13.8. The Labute approximate surface area is 128 Å². The molecule has 1 aromatic carbocycles. The quantitative estimate of drug-likeness (QED) is 0.630. The highest BCUT2D eigenvalue weighted by molar-refractivity contribution is 7.15. The van der Waals surface area contributed by atoms with Crippen molar-refractivity contribution in [2.24, 2.45) is 0 Å². The number of amides is 2. The SMILES string of the molecule is COC(=O)c1ccc2c(c1)C(=O)N(c1ccsc1Cl)C2=O. The number of benzene rings is 1. The predicted octanol–water partition coefficient (Wildman–Crippen LogP) is 2.99. The first-order valence-corrected chi connectivity index (χ1v) is 7.14. The van der Waals surface area contributed by atoms with Gasteiger partial charge >= 0.3 is 5.97 Å². The number of imide groups is 1. The second-order valence-electron chi connectivity index (χ2n) is 4.28. The van der Waals surface area contributed by atoms with Crippen LogP contribution in [-0.4, -0.2) is 24.9 Å². The third kappa shape index (κ3) is 2.03. The highest BCUT2D eigenvalue weighted by Crippen LogP contribution is 2.36. The molecular weight excluding hydrogens is 314 g/mol. The van der Waals surface area contributed by atoms with Crippen molar-refractivity contribution in [3.63, 3.8) is 0 Å². The van der Waals surface area contributed by atoms with E-state index in [1.54, 1.807) is 11.4 Å². The van der Waals surface area contributed by atoms with Gasteiger partial charge in [0.15, 0.2) is 0 Å². The van der Waals surface area contributed by atoms with Gasteiger partial charge in [-0.3, -0.25) is 9.59 Å². The van der Waals surface area contributed by atoms with Gasteiger partial charge < -0.3 is 4.74 Å². The fourth-order valence-electron chi connectivity index (χ4n) is 2.15. The Morgan fingerprint density at radius 3 is 2.52 bits per heavy atom. The van der Waals surface area contributed by atoms with E-state index in [4.69, 9.17) is 11.6 Å². The Morgan fingerprint density at radius 2 is 1.90 bits per heavy atom. The Morgan fingerprint density at radius 1 is 1.19 bits per heavy atom. The smallest absolute Gasteiger partial charge is 0.337 e. The van der Waals surface area contributed by atoms with Crippen LogP contribution in [0.4, 0.5) is 5.69 Å². The standard InChI is InChI=1S/C14H8ClNO4S/c1-20-14(19)7-2-3-8-9(6-7)13(18)16(12(8)17)10-4-5-21-11(10)15/h2-6H,1H3. The molecule has 0 saturated heterocycles. The van der Waals surface area contributed by atoms with Crippen LogP contribution >= 0.6 is 22.9 Å². The summed E-state index contributed by atoms with van der Waals surface area (Å²) in [5.41, 5.74) is 0.989. The van der Waals surface area contributed by atoms with E-state index in [0.717, 1.165) is 4.90 Å². The minimum atomic E-state index is -0.565. The molecule has 1 aromatic heterocycles. The van der Waals surface area contributed by atoms with Gasteiger partial charge in [0.25, 0.3) is 11.8 Å². The van der Waals surface area contributed by atoms with Crippen molar-refractivity contribution < 1.29 is 19.1 Å². The third-order valence-electron chi connectivity index (χ3n) is 3.15. The molecule has 5 nitrogen and oxygen atoms in total. The van der Waals surface area contributed by atoms with Crippen LogP contribution < -0.4 is 4.90 Å². The van der Waals surface area contributed by atoms with E-state index in [9.17, 15) is 14.4 Å². The molecule has 0 saturated carbocycles. The number of ether oxygens (including phenoxy) is 1. The number of carbonyl (C=O) groups excluding carboxylic acids is 3. The molecule has 2 aromatic rings. The Hall–Kier alpha value is -2.18. The molecule has 0 atom stereocenters. The Balaban J connectivity index is 2.09. The maximum Gasteiger partial charge on any atom is 0.337 e. The van der Waals surface area contributed by atoms with Crippen LogP contribution in [0.5, 0.6) is 0 Å². The maximum absolute atomic E-state index is 12.4. The summed E-state index contributed by atoms with van der Waals surface area (Å²) in [6, 6.07) is 5.87. The zero-order valence-corrected chi connectivity index (χ0v) is 12.3. The minimum absolute atomic E-state index is 0.171. The summed E-state index contributed by atoms with van der Waals surface area (Å²) < 4.78 is 4.97. The average molecular weight is 322 g/mol. The van der Waals surface area contributed by atoms with Crippen molar-refractivity contribution in [1.82, 2.24) is 0 Å². The van der Waals surface area contributed by atoms with Gasteiger partial charge in [-0.25, -0.2) is 9.69 Å². The molecular formula is C14H8ClNO4S. The lowest BCUT2D eigenvalue weighted by Crippen LogP contribution is -2.29. The summed E-state index contributed by atoms with van der Waals surface area (Å²) in [6.07, 6.45) is 0. The van der Waals surface area contributed by atoms with Gasteiger partial charge in [0.05, 0.1) is 29.5 Å². The van der Waals surface area contributed by atoms with Crippen LogP contribution in [0.2, 0.25) is 4.34 Å². The lowest BCUT2D eigenvalue weighted by atomic mass is 10.1. The number of esters is 1. The first-order valence-electron chi connectivity index (χ1n) is 5.88. The highest BCUT2D eigenvalue weighted by atomic mass is 35.5. The summed E-state index contributed by atoms with van der Waals surface area (Å²) in [5, 5.41) is 1.70. The van der Waals surface area contributed by atoms with Gasteiger partial charge in [0, 0.05) is 0 Å². The number of anilines is 1. The fraction of sp³-hybridized carbons (Fsp3) is 0.0714. The summed E-state index contributed by atoms with van der Waals surface area (Å²) in [4.78, 5) is 37.3. The van der Waals surface area contributed by atoms with Gasteiger partial charge in [-0.05, 0) is 29.6 Å². The molecule has 0 bridgehead atoms. The number of hydrogen-bond acceptors (Lipinski definition) is 5. The van der Waals surface area contributed by atoms with E-state index in [1.165, 1.54) is 36.6 Å². The second-order valence-corrected chi connectivity index (χ2v) is 5.80. The van der Waals surface area contributed by atoms with Crippen LogP contribution in [0, 0.1) is 0 Å². The van der Waals surface area contributed by atoms with Gasteiger partial charge in [0.1, 0.15) is 4.34 Å². The number of rotatable bonds is 2. The van der Waals surface area contributed by atoms with E-state index >= 15 is 0 Å². The van der Waals surface area contributed by atoms with Crippen molar-refractivity contribution in [1.29, 1.82) is 0 Å². The van der Waals surface area contributed by atoms with E-state index in [2.05, 4.69) is 4.74 Å². The van der Waals surface area contributed by atoms with Gasteiger partial charge in [-0.1, -0.05) is 11.6 Å². The second kappa shape index (κ2) is 4.98. The topological polar surface area (TPSA) is 63.7 Å². The molecule has 0 unspecified atom stereocenters. The fourth-order valence-corrected chi connectivity index (χ4v) is 3.05. The number of methoxy groups -OCH3 is 1. The van der Waals surface area contributed by atoms with E-state index in [1.807, 2.05) is 0 Å². The molecule has 3 rings (SSSR count). The molecule has 2 amide bonds. The number of halogens is 1. The summed E-state index contributed by atoms with van der Waals surface area (Å²) in [7, 11) is 1.25. The summed E-state index contributed by atoms with van der Waals surface area (Å²) in [6.45, 7) is 0. The molecule has 0 aliphatic carbocycles. The normalized spacial score (nSPS) is 13.5. The van der Waals surface area contributed by atoms with Gasteiger partial charge in [0.2, 0.25) is 0 Å². The first-order chi connectivity index (χ1) is 10.0. The molecule has 0 spiro atoms. The number of fused-ring (bicyclic) bond motifs is 1. The van der Waals surface area contributed by atoms with Crippen molar-refractivity contribution in [3.05, 3.63) is 50.7 Å². The molecule has 7 heteroatoms. The molecule has 0 radical (unpaired) electrons. The van der Waals surface area contributed by atoms with E-state index in [-0.39, 0.29) is 16.7 Å². The van der Waals surface area contributed by atoms with Crippen LogP contribution in [0.15, 0.2) is 29.6 Å². The maximum atomic E-state index is 12.4. The van der Waals surface area contributed by atoms with Crippen molar-refractivity contribution in [3.8, 4) is 0 Å². The zero-order valence-electron chi connectivity index (χ0n) is 10.8. The van der Waals surface area contributed by atoms with E-state index in [0.29, 0.717) is 10.0 Å². The zero-order chi connectivity index (χ0) is 15.1. The van der Waals surface area contributed by atoms with Gasteiger partial charge in [-0.2, -0.15) is 0 Å². The van der Waals surface area contributed by atoms with Crippen molar-refractivity contribution in [2.75, 3.05) is 12.0 Å². The molecule has 2 heterocycles. The molecule has 1 aliphatic heterocycles. The third-order valence-corrected chi connectivity index (χ3v) is 4.30. The average Bonchev–Trinajstić information content (AvgIpc) is 3.01. The monoisotopic (exact) mass is 321 g/mol. The number of hydrogen-bond donors (Lipinski definition) is 0. The predicted molar refractivity (Wildman–Crippen MR) is 78.3 cm³/mol. The Bertz CT molecular complexity index is 783. The largest absolute Gasteiger partial charge is 0.465 e. The summed E-state index contributed by atoms with van der Waals surface area (Å²) in [5.74, 6) is -1.52. The van der Waals surface area contributed by atoms with Crippen molar-refractivity contribution in [2.45, 2.75) is 0 Å². The van der Waals surface area contributed by atoms with Crippen LogP contribution in [0.1, 0.15) is 31.1 Å². The lowest BCUT2D eigenvalue weighted by molar-refractivity contribution is 0.0600. The van der Waals surface area contributed by atoms with Crippen molar-refractivity contribution >= 4 is 46.4 Å². The Kier molecular flexibility index (Phi) is 3.27. The van der Waals surface area contributed by atoms with Gasteiger partial charge in [-0.15, -0.1) is 11.3 Å². The lowest BCUT2D eigenvalue weighted by Gasteiger charge is -2.11.